The van der Waals surface area contributed by atoms with Gasteiger partial charge >= 0.3 is 0 Å². The first-order chi connectivity index (χ1) is 15.1. The molecule has 0 aromatic heterocycles. The van der Waals surface area contributed by atoms with Crippen molar-refractivity contribution < 1.29 is 8.78 Å². The van der Waals surface area contributed by atoms with Crippen molar-refractivity contribution in [2.45, 2.75) is 57.5 Å². The van der Waals surface area contributed by atoms with Gasteiger partial charge in [-0.1, -0.05) is 98.4 Å². The van der Waals surface area contributed by atoms with E-state index in [0.717, 1.165) is 24.3 Å². The summed E-state index contributed by atoms with van der Waals surface area (Å²) in [6, 6.07) is 23.6. The van der Waals surface area contributed by atoms with Crippen LogP contribution in [-0.2, 0) is 12.8 Å². The SMILES string of the molecule is CCCC1CC[SiH](c2ccc(CCc3ccc(-c4ccc(F)cc4)c(F)c3)cc2)CC1. The molecule has 0 radical (unpaired) electrons. The first-order valence-electron chi connectivity index (χ1n) is 11.8. The molecule has 1 heterocycles. The van der Waals surface area contributed by atoms with E-state index >= 15 is 0 Å². The Labute approximate surface area is 186 Å². The summed E-state index contributed by atoms with van der Waals surface area (Å²) in [7, 11) is -0.767. The van der Waals surface area contributed by atoms with E-state index in [9.17, 15) is 8.78 Å². The second kappa shape index (κ2) is 10.4. The number of halogens is 2. The summed E-state index contributed by atoms with van der Waals surface area (Å²) in [6.45, 7) is 2.30. The van der Waals surface area contributed by atoms with Gasteiger partial charge in [0, 0.05) is 5.56 Å². The molecule has 0 unspecified atom stereocenters. The molecule has 0 spiro atoms. The Balaban J connectivity index is 1.33. The van der Waals surface area contributed by atoms with Gasteiger partial charge in [0.2, 0.25) is 0 Å². The minimum Gasteiger partial charge on any atom is -0.207 e. The Bertz CT molecular complexity index is 971. The standard InChI is InChI=1S/C28H32F2Si/c1-2-3-21-16-18-31(19-17-21)26-13-6-22(7-14-26)4-5-23-8-15-27(28(30)20-23)24-9-11-25(29)12-10-24/h6-15,20-21,31H,2-5,16-19H2,1H3. The van der Waals surface area contributed by atoms with E-state index in [0.29, 0.717) is 11.1 Å². The lowest BCUT2D eigenvalue weighted by molar-refractivity contribution is 0.434. The molecule has 1 aliphatic rings. The van der Waals surface area contributed by atoms with Crippen LogP contribution in [0.1, 0.15) is 43.7 Å². The minimum atomic E-state index is -0.767. The van der Waals surface area contributed by atoms with E-state index < -0.39 is 8.80 Å². The molecule has 1 aliphatic heterocycles. The van der Waals surface area contributed by atoms with Gasteiger partial charge in [-0.15, -0.1) is 0 Å². The molecule has 3 aromatic carbocycles. The van der Waals surface area contributed by atoms with E-state index in [2.05, 4.69) is 31.2 Å². The van der Waals surface area contributed by atoms with Gasteiger partial charge in [-0.2, -0.15) is 0 Å². The second-order valence-corrected chi connectivity index (χ2v) is 12.3. The quantitative estimate of drug-likeness (QED) is 0.349. The highest BCUT2D eigenvalue weighted by Crippen LogP contribution is 2.28. The van der Waals surface area contributed by atoms with E-state index in [1.807, 2.05) is 12.1 Å². The lowest BCUT2D eigenvalue weighted by Crippen LogP contribution is -2.33. The van der Waals surface area contributed by atoms with E-state index in [1.54, 1.807) is 23.4 Å². The highest BCUT2D eigenvalue weighted by atomic mass is 28.3. The molecule has 0 aliphatic carbocycles. The number of hydrogen-bond donors (Lipinski definition) is 0. The van der Waals surface area contributed by atoms with Gasteiger partial charge in [-0.25, -0.2) is 8.78 Å². The van der Waals surface area contributed by atoms with Crippen LogP contribution in [0, 0.1) is 17.6 Å². The van der Waals surface area contributed by atoms with Gasteiger partial charge in [-0.05, 0) is 53.6 Å². The van der Waals surface area contributed by atoms with Crippen molar-refractivity contribution in [3.05, 3.63) is 89.5 Å². The van der Waals surface area contributed by atoms with Crippen LogP contribution in [0.15, 0.2) is 66.7 Å². The third-order valence-electron chi connectivity index (χ3n) is 6.89. The van der Waals surface area contributed by atoms with Crippen LogP contribution in [0.4, 0.5) is 8.78 Å². The molecular formula is C28H32F2Si. The molecule has 3 heteroatoms. The second-order valence-electron chi connectivity index (χ2n) is 9.07. The average Bonchev–Trinajstić information content (AvgIpc) is 2.80. The molecule has 0 atom stereocenters. The molecule has 162 valence electrons. The molecule has 1 fully saturated rings. The smallest absolute Gasteiger partial charge is 0.131 e. The average molecular weight is 435 g/mol. The molecule has 0 saturated carbocycles. The summed E-state index contributed by atoms with van der Waals surface area (Å²) in [6.07, 6.45) is 7.34. The van der Waals surface area contributed by atoms with Crippen molar-refractivity contribution in [2.24, 2.45) is 5.92 Å². The maximum atomic E-state index is 14.6. The van der Waals surface area contributed by atoms with Gasteiger partial charge in [-0.3, -0.25) is 0 Å². The summed E-state index contributed by atoms with van der Waals surface area (Å²) >= 11 is 0. The maximum absolute atomic E-state index is 14.6. The minimum absolute atomic E-state index is 0.246. The van der Waals surface area contributed by atoms with E-state index in [-0.39, 0.29) is 11.6 Å². The van der Waals surface area contributed by atoms with Gasteiger partial charge in [0.25, 0.3) is 0 Å². The molecule has 1 saturated heterocycles. The lowest BCUT2D eigenvalue weighted by atomic mass is 9.97. The highest BCUT2D eigenvalue weighted by Gasteiger charge is 2.22. The highest BCUT2D eigenvalue weighted by molar-refractivity contribution is 6.73. The topological polar surface area (TPSA) is 0 Å². The number of rotatable bonds is 7. The largest absolute Gasteiger partial charge is 0.207 e. The maximum Gasteiger partial charge on any atom is 0.131 e. The fourth-order valence-corrected chi connectivity index (χ4v) is 8.46. The first kappa shape index (κ1) is 21.9. The Hall–Kier alpha value is -2.26. The van der Waals surface area contributed by atoms with Crippen LogP contribution in [0.25, 0.3) is 11.1 Å². The van der Waals surface area contributed by atoms with Crippen molar-refractivity contribution in [2.75, 3.05) is 0 Å². The van der Waals surface area contributed by atoms with E-state index in [4.69, 9.17) is 0 Å². The van der Waals surface area contributed by atoms with Crippen LogP contribution in [0.3, 0.4) is 0 Å². The zero-order valence-electron chi connectivity index (χ0n) is 18.4. The summed E-state index contributed by atoms with van der Waals surface area (Å²) in [5.41, 5.74) is 3.54. The normalized spacial score (nSPS) is 18.8. The van der Waals surface area contributed by atoms with Gasteiger partial charge in [0.05, 0.1) is 8.80 Å². The fourth-order valence-electron chi connectivity index (χ4n) is 5.02. The first-order valence-corrected chi connectivity index (χ1v) is 14.0. The molecule has 0 N–H and O–H groups in total. The molecule has 0 amide bonds. The summed E-state index contributed by atoms with van der Waals surface area (Å²) < 4.78 is 27.7. The Kier molecular flexibility index (Phi) is 7.34. The molecule has 0 bridgehead atoms. The monoisotopic (exact) mass is 434 g/mol. The van der Waals surface area contributed by atoms with Crippen LogP contribution in [0.5, 0.6) is 0 Å². The predicted molar refractivity (Wildman–Crippen MR) is 130 cm³/mol. The van der Waals surface area contributed by atoms with Crippen LogP contribution < -0.4 is 5.19 Å². The van der Waals surface area contributed by atoms with E-state index in [1.165, 1.54) is 55.5 Å². The van der Waals surface area contributed by atoms with Crippen molar-refractivity contribution >= 4 is 14.0 Å². The van der Waals surface area contributed by atoms with Crippen molar-refractivity contribution in [1.29, 1.82) is 0 Å². The molecule has 3 aromatic rings. The Morgan fingerprint density at radius 2 is 1.45 bits per heavy atom. The van der Waals surface area contributed by atoms with Crippen molar-refractivity contribution in [3.63, 3.8) is 0 Å². The number of hydrogen-bond acceptors (Lipinski definition) is 0. The zero-order chi connectivity index (χ0) is 21.6. The molecular weight excluding hydrogens is 402 g/mol. The molecule has 31 heavy (non-hydrogen) atoms. The Morgan fingerprint density at radius 3 is 2.10 bits per heavy atom. The molecule has 0 nitrogen and oxygen atoms in total. The summed E-state index contributed by atoms with van der Waals surface area (Å²) in [4.78, 5) is 0. The third kappa shape index (κ3) is 5.71. The molecule has 4 rings (SSSR count). The van der Waals surface area contributed by atoms with Gasteiger partial charge in [0.1, 0.15) is 11.6 Å². The fraction of sp³-hybridized carbons (Fsp3) is 0.357. The van der Waals surface area contributed by atoms with Gasteiger partial charge < -0.3 is 0 Å². The summed E-state index contributed by atoms with van der Waals surface area (Å²) in [5.74, 6) is 0.422. The Morgan fingerprint density at radius 1 is 0.806 bits per heavy atom. The number of aryl methyl sites for hydroxylation is 2. The van der Waals surface area contributed by atoms with Gasteiger partial charge in [0.15, 0.2) is 0 Å². The predicted octanol–water partition coefficient (Wildman–Crippen LogP) is 7.06. The van der Waals surface area contributed by atoms with Crippen LogP contribution in [0.2, 0.25) is 12.1 Å². The van der Waals surface area contributed by atoms with Crippen LogP contribution >= 0.6 is 0 Å². The van der Waals surface area contributed by atoms with Crippen molar-refractivity contribution in [3.8, 4) is 11.1 Å². The summed E-state index contributed by atoms with van der Waals surface area (Å²) in [5, 5.41) is 1.62. The zero-order valence-corrected chi connectivity index (χ0v) is 19.6. The lowest BCUT2D eigenvalue weighted by Gasteiger charge is -2.27. The van der Waals surface area contributed by atoms with Crippen molar-refractivity contribution in [1.82, 2.24) is 0 Å². The number of benzene rings is 3. The third-order valence-corrected chi connectivity index (χ3v) is 10.3. The van der Waals surface area contributed by atoms with Crippen LogP contribution in [-0.4, -0.2) is 8.80 Å².